The van der Waals surface area contributed by atoms with E-state index in [0.717, 1.165) is 30.8 Å². The van der Waals surface area contributed by atoms with Gasteiger partial charge in [0.25, 0.3) is 0 Å². The first-order valence-electron chi connectivity index (χ1n) is 6.46. The second kappa shape index (κ2) is 7.04. The highest BCUT2D eigenvalue weighted by Gasteiger charge is 2.09. The molecule has 0 saturated heterocycles. The van der Waals surface area contributed by atoms with Crippen LogP contribution in [0.3, 0.4) is 0 Å². The maximum absolute atomic E-state index is 10.9. The first-order chi connectivity index (χ1) is 8.58. The zero-order valence-corrected chi connectivity index (χ0v) is 11.8. The summed E-state index contributed by atoms with van der Waals surface area (Å²) >= 11 is 0. The highest BCUT2D eigenvalue weighted by Crippen LogP contribution is 2.28. The third-order valence-corrected chi connectivity index (χ3v) is 3.09. The van der Waals surface area contributed by atoms with E-state index in [0.29, 0.717) is 6.42 Å². The number of carbonyl (C=O) groups excluding carboxylic acids is 1. The molecule has 1 aromatic carbocycles. The lowest BCUT2D eigenvalue weighted by atomic mass is 10.1. The van der Waals surface area contributed by atoms with E-state index < -0.39 is 0 Å². The molecule has 0 aliphatic rings. The van der Waals surface area contributed by atoms with E-state index in [1.54, 1.807) is 14.0 Å². The number of anilines is 1. The second-order valence-corrected chi connectivity index (χ2v) is 4.59. The van der Waals surface area contributed by atoms with Gasteiger partial charge in [0.2, 0.25) is 0 Å². The molecule has 0 N–H and O–H groups in total. The second-order valence-electron chi connectivity index (χ2n) is 4.59. The van der Waals surface area contributed by atoms with Crippen LogP contribution in [0.25, 0.3) is 0 Å². The minimum atomic E-state index is 0.248. The molecule has 0 unspecified atom stereocenters. The highest BCUT2D eigenvalue weighted by atomic mass is 16.5. The fourth-order valence-corrected chi connectivity index (χ4v) is 1.94. The van der Waals surface area contributed by atoms with Crippen molar-refractivity contribution in [3.8, 4) is 5.75 Å². The quantitative estimate of drug-likeness (QED) is 0.744. The van der Waals surface area contributed by atoms with E-state index in [9.17, 15) is 4.79 Å². The molecule has 0 aromatic heterocycles. The molecule has 0 fully saturated rings. The topological polar surface area (TPSA) is 29.5 Å². The van der Waals surface area contributed by atoms with E-state index in [4.69, 9.17) is 4.74 Å². The first-order valence-corrected chi connectivity index (χ1v) is 6.46. The van der Waals surface area contributed by atoms with Crippen LogP contribution in [0.15, 0.2) is 18.2 Å². The number of hydrogen-bond donors (Lipinski definition) is 0. The number of ketones is 1. The zero-order valence-electron chi connectivity index (χ0n) is 11.8. The summed E-state index contributed by atoms with van der Waals surface area (Å²) in [6, 6.07) is 6.26. The molecule has 0 atom stereocenters. The van der Waals surface area contributed by atoms with Gasteiger partial charge in [-0.05, 0) is 37.5 Å². The van der Waals surface area contributed by atoms with Crippen molar-refractivity contribution in [1.29, 1.82) is 0 Å². The molecule has 0 radical (unpaired) electrons. The lowest BCUT2D eigenvalue weighted by Gasteiger charge is -2.22. The molecule has 100 valence electrons. The smallest absolute Gasteiger partial charge is 0.142 e. The van der Waals surface area contributed by atoms with Crippen molar-refractivity contribution < 1.29 is 9.53 Å². The third kappa shape index (κ3) is 4.06. The SMILES string of the molecule is CCc1ccc(OC)c(N(C)CCCC(C)=O)c1. The fraction of sp³-hybridized carbons (Fsp3) is 0.533. The Hall–Kier alpha value is -1.51. The summed E-state index contributed by atoms with van der Waals surface area (Å²) in [7, 11) is 3.73. The molecule has 3 nitrogen and oxygen atoms in total. The number of ether oxygens (including phenoxy) is 1. The van der Waals surface area contributed by atoms with Crippen molar-refractivity contribution in [3.05, 3.63) is 23.8 Å². The average Bonchev–Trinajstić information content (AvgIpc) is 2.37. The number of benzene rings is 1. The molecular weight excluding hydrogens is 226 g/mol. The maximum Gasteiger partial charge on any atom is 0.142 e. The lowest BCUT2D eigenvalue weighted by Crippen LogP contribution is -2.20. The lowest BCUT2D eigenvalue weighted by molar-refractivity contribution is -0.117. The van der Waals surface area contributed by atoms with Crippen LogP contribution in [0.4, 0.5) is 5.69 Å². The van der Waals surface area contributed by atoms with Crippen LogP contribution >= 0.6 is 0 Å². The van der Waals surface area contributed by atoms with Crippen LogP contribution in [0.5, 0.6) is 5.75 Å². The number of nitrogens with zero attached hydrogens (tertiary/aromatic N) is 1. The van der Waals surface area contributed by atoms with Crippen LogP contribution in [0, 0.1) is 0 Å². The molecule has 0 bridgehead atoms. The zero-order chi connectivity index (χ0) is 13.5. The molecule has 0 amide bonds. The molecule has 3 heteroatoms. The summed E-state index contributed by atoms with van der Waals surface area (Å²) in [6.07, 6.45) is 2.53. The number of aryl methyl sites for hydroxylation is 1. The van der Waals surface area contributed by atoms with Crippen LogP contribution in [-0.2, 0) is 11.2 Å². The fourth-order valence-electron chi connectivity index (χ4n) is 1.94. The summed E-state index contributed by atoms with van der Waals surface area (Å²) < 4.78 is 5.38. The first kappa shape index (κ1) is 14.6. The average molecular weight is 249 g/mol. The normalized spacial score (nSPS) is 10.2. The number of methoxy groups -OCH3 is 1. The van der Waals surface area contributed by atoms with Gasteiger partial charge < -0.3 is 14.4 Å². The molecule has 18 heavy (non-hydrogen) atoms. The van der Waals surface area contributed by atoms with E-state index in [-0.39, 0.29) is 5.78 Å². The largest absolute Gasteiger partial charge is 0.495 e. The number of carbonyl (C=O) groups is 1. The van der Waals surface area contributed by atoms with E-state index in [1.165, 1.54) is 5.56 Å². The Labute approximate surface area is 110 Å². The minimum Gasteiger partial charge on any atom is -0.495 e. The van der Waals surface area contributed by atoms with Crippen molar-refractivity contribution >= 4 is 11.5 Å². The van der Waals surface area contributed by atoms with Gasteiger partial charge in [-0.3, -0.25) is 0 Å². The predicted molar refractivity (Wildman–Crippen MR) is 75.6 cm³/mol. The van der Waals surface area contributed by atoms with Crippen molar-refractivity contribution in [2.45, 2.75) is 33.1 Å². The van der Waals surface area contributed by atoms with E-state index in [1.807, 2.05) is 13.1 Å². The van der Waals surface area contributed by atoms with Gasteiger partial charge in [-0.2, -0.15) is 0 Å². The molecular formula is C15H23NO2. The van der Waals surface area contributed by atoms with Gasteiger partial charge in [0, 0.05) is 20.0 Å². The summed E-state index contributed by atoms with van der Waals surface area (Å²) in [5.74, 6) is 1.13. The molecule has 0 saturated carbocycles. The Kier molecular flexibility index (Phi) is 5.69. The van der Waals surface area contributed by atoms with E-state index in [2.05, 4.69) is 24.0 Å². The monoisotopic (exact) mass is 249 g/mol. The Morgan fingerprint density at radius 2 is 2.11 bits per heavy atom. The summed E-state index contributed by atoms with van der Waals surface area (Å²) in [4.78, 5) is 13.1. The number of Topliss-reactive ketones (excluding diaryl/α,β-unsaturated/α-hetero) is 1. The standard InChI is InChI=1S/C15H23NO2/c1-5-13-8-9-15(18-4)14(11-13)16(3)10-6-7-12(2)17/h8-9,11H,5-7,10H2,1-4H3. The van der Waals surface area contributed by atoms with Gasteiger partial charge in [-0.25, -0.2) is 0 Å². The minimum absolute atomic E-state index is 0.248. The molecule has 1 rings (SSSR count). The van der Waals surface area contributed by atoms with Gasteiger partial charge in [-0.15, -0.1) is 0 Å². The van der Waals surface area contributed by atoms with E-state index >= 15 is 0 Å². The number of hydrogen-bond acceptors (Lipinski definition) is 3. The van der Waals surface area contributed by atoms with Crippen molar-refractivity contribution in [2.24, 2.45) is 0 Å². The Bertz CT molecular complexity index is 401. The molecule has 1 aromatic rings. The number of rotatable bonds is 7. The van der Waals surface area contributed by atoms with Crippen LogP contribution in [0.2, 0.25) is 0 Å². The highest BCUT2D eigenvalue weighted by molar-refractivity contribution is 5.75. The van der Waals surface area contributed by atoms with Crippen LogP contribution in [-0.4, -0.2) is 26.5 Å². The van der Waals surface area contributed by atoms with Gasteiger partial charge in [0.15, 0.2) is 0 Å². The van der Waals surface area contributed by atoms with Crippen LogP contribution < -0.4 is 9.64 Å². The van der Waals surface area contributed by atoms with Gasteiger partial charge >= 0.3 is 0 Å². The Balaban J connectivity index is 2.75. The van der Waals surface area contributed by atoms with Gasteiger partial charge in [-0.1, -0.05) is 13.0 Å². The van der Waals surface area contributed by atoms with Gasteiger partial charge in [0.05, 0.1) is 12.8 Å². The molecule has 0 heterocycles. The Morgan fingerprint density at radius 3 is 2.67 bits per heavy atom. The maximum atomic E-state index is 10.9. The summed E-state index contributed by atoms with van der Waals surface area (Å²) in [5.41, 5.74) is 2.39. The molecule has 0 aliphatic heterocycles. The summed E-state index contributed by atoms with van der Waals surface area (Å²) in [5, 5.41) is 0. The Morgan fingerprint density at radius 1 is 1.39 bits per heavy atom. The van der Waals surface area contributed by atoms with Crippen molar-refractivity contribution in [1.82, 2.24) is 0 Å². The van der Waals surface area contributed by atoms with Crippen molar-refractivity contribution in [2.75, 3.05) is 25.6 Å². The van der Waals surface area contributed by atoms with Crippen molar-refractivity contribution in [3.63, 3.8) is 0 Å². The van der Waals surface area contributed by atoms with Crippen LogP contribution in [0.1, 0.15) is 32.3 Å². The molecule has 0 aliphatic carbocycles. The van der Waals surface area contributed by atoms with Gasteiger partial charge in [0.1, 0.15) is 11.5 Å². The third-order valence-electron chi connectivity index (χ3n) is 3.09. The predicted octanol–water partition coefficient (Wildman–Crippen LogP) is 3.06. The summed E-state index contributed by atoms with van der Waals surface area (Å²) in [6.45, 7) is 4.64. The molecule has 0 spiro atoms.